The largest absolute Gasteiger partial charge is 0.249 e. The van der Waals surface area contributed by atoms with Crippen molar-refractivity contribution in [1.82, 2.24) is 15.0 Å². The van der Waals surface area contributed by atoms with Crippen molar-refractivity contribution < 1.29 is 0 Å². The second kappa shape index (κ2) is 4.77. The Bertz CT molecular complexity index is 307. The first-order chi connectivity index (χ1) is 7.00. The zero-order valence-corrected chi connectivity index (χ0v) is 10.7. The summed E-state index contributed by atoms with van der Waals surface area (Å²) in [7, 11) is 0. The van der Waals surface area contributed by atoms with Crippen LogP contribution in [-0.4, -0.2) is 15.0 Å². The first kappa shape index (κ1) is 12.2. The molecule has 0 atom stereocenters. The van der Waals surface area contributed by atoms with Crippen molar-refractivity contribution in [3.05, 3.63) is 11.4 Å². The third-order valence-electron chi connectivity index (χ3n) is 2.58. The Kier molecular flexibility index (Phi) is 3.89. The number of aromatic nitrogens is 3. The minimum absolute atomic E-state index is 0.141. The highest BCUT2D eigenvalue weighted by Crippen LogP contribution is 2.25. The second-order valence-corrected chi connectivity index (χ2v) is 5.05. The van der Waals surface area contributed by atoms with Gasteiger partial charge in [0.05, 0.1) is 11.4 Å². The van der Waals surface area contributed by atoms with E-state index in [2.05, 4.69) is 44.9 Å². The van der Waals surface area contributed by atoms with Gasteiger partial charge in [0.15, 0.2) is 0 Å². The predicted molar refractivity (Wildman–Crippen MR) is 63.0 cm³/mol. The van der Waals surface area contributed by atoms with Gasteiger partial charge in [0.1, 0.15) is 0 Å². The average molecular weight is 209 g/mol. The number of hydrogen-bond acceptors (Lipinski definition) is 2. The van der Waals surface area contributed by atoms with E-state index >= 15 is 0 Å². The van der Waals surface area contributed by atoms with Crippen molar-refractivity contribution in [3.8, 4) is 0 Å². The molecule has 86 valence electrons. The van der Waals surface area contributed by atoms with Crippen LogP contribution in [0.2, 0.25) is 0 Å². The molecule has 3 heteroatoms. The first-order valence-corrected chi connectivity index (χ1v) is 5.93. The molecular weight excluding hydrogens is 186 g/mol. The maximum Gasteiger partial charge on any atom is 0.0864 e. The van der Waals surface area contributed by atoms with Crippen LogP contribution in [0.1, 0.15) is 58.8 Å². The van der Waals surface area contributed by atoms with E-state index in [1.165, 1.54) is 24.2 Å². The topological polar surface area (TPSA) is 30.7 Å². The summed E-state index contributed by atoms with van der Waals surface area (Å²) in [5, 5.41) is 8.52. The van der Waals surface area contributed by atoms with Gasteiger partial charge in [-0.2, -0.15) is 0 Å². The Morgan fingerprint density at radius 2 is 1.87 bits per heavy atom. The minimum atomic E-state index is 0.141. The summed E-state index contributed by atoms with van der Waals surface area (Å²) < 4.78 is 2.03. The van der Waals surface area contributed by atoms with Crippen LogP contribution in [0.3, 0.4) is 0 Å². The maximum atomic E-state index is 4.30. The highest BCUT2D eigenvalue weighted by Gasteiger charge is 2.24. The summed E-state index contributed by atoms with van der Waals surface area (Å²) in [5.41, 5.74) is 2.63. The van der Waals surface area contributed by atoms with Gasteiger partial charge in [-0.3, -0.25) is 0 Å². The maximum absolute atomic E-state index is 4.30. The van der Waals surface area contributed by atoms with E-state index in [4.69, 9.17) is 0 Å². The Morgan fingerprint density at radius 3 is 2.33 bits per heavy atom. The fourth-order valence-corrected chi connectivity index (χ4v) is 1.90. The number of aryl methyl sites for hydroxylation is 2. The van der Waals surface area contributed by atoms with Gasteiger partial charge in [-0.25, -0.2) is 4.68 Å². The van der Waals surface area contributed by atoms with Crippen molar-refractivity contribution in [2.24, 2.45) is 0 Å². The van der Waals surface area contributed by atoms with E-state index in [1.54, 1.807) is 0 Å². The summed E-state index contributed by atoms with van der Waals surface area (Å²) in [6, 6.07) is 0. The molecule has 1 aromatic heterocycles. The van der Waals surface area contributed by atoms with Crippen molar-refractivity contribution in [1.29, 1.82) is 0 Å². The molecule has 1 rings (SSSR count). The molecule has 0 saturated carbocycles. The van der Waals surface area contributed by atoms with Gasteiger partial charge < -0.3 is 0 Å². The van der Waals surface area contributed by atoms with Crippen LogP contribution >= 0.6 is 0 Å². The molecule has 0 bridgehead atoms. The summed E-state index contributed by atoms with van der Waals surface area (Å²) in [5.74, 6) is 0. The number of rotatable bonds is 4. The van der Waals surface area contributed by atoms with Gasteiger partial charge in [0.2, 0.25) is 0 Å². The molecule has 0 aliphatic rings. The van der Waals surface area contributed by atoms with Crippen LogP contribution in [0.4, 0.5) is 0 Å². The van der Waals surface area contributed by atoms with Crippen molar-refractivity contribution >= 4 is 0 Å². The van der Waals surface area contributed by atoms with E-state index in [9.17, 15) is 0 Å². The summed E-state index contributed by atoms with van der Waals surface area (Å²) in [6.07, 6.45) is 3.47. The van der Waals surface area contributed by atoms with Crippen LogP contribution in [-0.2, 0) is 18.4 Å². The molecule has 0 N–H and O–H groups in total. The summed E-state index contributed by atoms with van der Waals surface area (Å²) in [4.78, 5) is 0. The van der Waals surface area contributed by atoms with E-state index in [-0.39, 0.29) is 5.41 Å². The number of unbranched alkanes of at least 4 members (excludes halogenated alkanes) is 1. The molecule has 15 heavy (non-hydrogen) atoms. The molecule has 0 aliphatic carbocycles. The molecule has 0 amide bonds. The minimum Gasteiger partial charge on any atom is -0.249 e. The van der Waals surface area contributed by atoms with Crippen LogP contribution in [0.25, 0.3) is 0 Å². The highest BCUT2D eigenvalue weighted by atomic mass is 15.4. The van der Waals surface area contributed by atoms with E-state index in [1.807, 2.05) is 4.68 Å². The molecule has 0 unspecified atom stereocenters. The summed E-state index contributed by atoms with van der Waals surface area (Å²) >= 11 is 0. The van der Waals surface area contributed by atoms with Crippen LogP contribution in [0.15, 0.2) is 0 Å². The molecular formula is C12H23N3. The first-order valence-electron chi connectivity index (χ1n) is 5.93. The SMILES string of the molecule is CCCCc1nnn(CC)c1C(C)(C)C. The lowest BCUT2D eigenvalue weighted by molar-refractivity contribution is 0.489. The number of nitrogens with zero attached hydrogens (tertiary/aromatic N) is 3. The quantitative estimate of drug-likeness (QED) is 0.763. The summed E-state index contributed by atoms with van der Waals surface area (Å²) in [6.45, 7) is 11.9. The van der Waals surface area contributed by atoms with Crippen molar-refractivity contribution in [2.75, 3.05) is 0 Å². The molecule has 0 aromatic carbocycles. The van der Waals surface area contributed by atoms with Crippen molar-refractivity contribution in [3.63, 3.8) is 0 Å². The Labute approximate surface area is 92.9 Å². The van der Waals surface area contributed by atoms with Crippen molar-refractivity contribution in [2.45, 2.75) is 65.8 Å². The van der Waals surface area contributed by atoms with E-state index in [0.717, 1.165) is 13.0 Å². The molecule has 1 heterocycles. The fraction of sp³-hybridized carbons (Fsp3) is 0.833. The molecule has 0 fully saturated rings. The average Bonchev–Trinajstić information content (AvgIpc) is 2.56. The zero-order chi connectivity index (χ0) is 11.5. The predicted octanol–water partition coefficient (Wildman–Crippen LogP) is 2.94. The smallest absolute Gasteiger partial charge is 0.0864 e. The second-order valence-electron chi connectivity index (χ2n) is 5.05. The highest BCUT2D eigenvalue weighted by molar-refractivity contribution is 5.19. The monoisotopic (exact) mass is 209 g/mol. The molecule has 3 nitrogen and oxygen atoms in total. The molecule has 0 radical (unpaired) electrons. The fourth-order valence-electron chi connectivity index (χ4n) is 1.90. The number of hydrogen-bond donors (Lipinski definition) is 0. The third kappa shape index (κ3) is 2.80. The van der Waals surface area contributed by atoms with Gasteiger partial charge >= 0.3 is 0 Å². The van der Waals surface area contributed by atoms with E-state index in [0.29, 0.717) is 0 Å². The van der Waals surface area contributed by atoms with Gasteiger partial charge in [-0.15, -0.1) is 5.10 Å². The molecule has 0 aliphatic heterocycles. The lowest BCUT2D eigenvalue weighted by atomic mass is 9.89. The molecule has 1 aromatic rings. The van der Waals surface area contributed by atoms with Crippen LogP contribution in [0.5, 0.6) is 0 Å². The lowest BCUT2D eigenvalue weighted by Gasteiger charge is -2.20. The zero-order valence-electron chi connectivity index (χ0n) is 10.7. The Balaban J connectivity index is 3.01. The Hall–Kier alpha value is -0.860. The standard InChI is InChI=1S/C12H23N3/c1-6-8-9-10-11(12(3,4)5)15(7-2)14-13-10/h6-9H2,1-5H3. The Morgan fingerprint density at radius 1 is 1.20 bits per heavy atom. The van der Waals surface area contributed by atoms with Crippen LogP contribution in [0, 0.1) is 0 Å². The third-order valence-corrected chi connectivity index (χ3v) is 2.58. The van der Waals surface area contributed by atoms with Gasteiger partial charge in [0.25, 0.3) is 0 Å². The molecule has 0 spiro atoms. The van der Waals surface area contributed by atoms with Gasteiger partial charge in [0, 0.05) is 12.0 Å². The van der Waals surface area contributed by atoms with Crippen LogP contribution < -0.4 is 0 Å². The van der Waals surface area contributed by atoms with E-state index < -0.39 is 0 Å². The molecule has 0 saturated heterocycles. The normalized spacial score (nSPS) is 12.1. The lowest BCUT2D eigenvalue weighted by Crippen LogP contribution is -2.20. The van der Waals surface area contributed by atoms with Gasteiger partial charge in [-0.1, -0.05) is 39.3 Å². The van der Waals surface area contributed by atoms with Gasteiger partial charge in [-0.05, 0) is 19.8 Å².